The quantitative estimate of drug-likeness (QED) is 0.329. The molecule has 0 radical (unpaired) electrons. The molecule has 36 heavy (non-hydrogen) atoms. The molecule has 0 bridgehead atoms. The van der Waals surface area contributed by atoms with E-state index in [1.807, 2.05) is 0 Å². The van der Waals surface area contributed by atoms with E-state index >= 15 is 0 Å². The maximum atomic E-state index is 14.2. The lowest BCUT2D eigenvalue weighted by molar-refractivity contribution is -0.182. The predicted octanol–water partition coefficient (Wildman–Crippen LogP) is 3.64. The Morgan fingerprint density at radius 2 is 1.97 bits per heavy atom. The average Bonchev–Trinajstić information content (AvgIpc) is 3.43. The van der Waals surface area contributed by atoms with Crippen molar-refractivity contribution >= 4 is 34.5 Å². The highest BCUT2D eigenvalue weighted by Crippen LogP contribution is 2.50. The molecule has 3 N–H and O–H groups in total. The number of aliphatic hydroxyl groups is 1. The van der Waals surface area contributed by atoms with Crippen molar-refractivity contribution in [1.29, 1.82) is 0 Å². The van der Waals surface area contributed by atoms with Crippen LogP contribution >= 0.6 is 11.6 Å². The Bertz CT molecular complexity index is 1350. The molecule has 3 aromatic heterocycles. The van der Waals surface area contributed by atoms with Crippen LogP contribution in [0.4, 0.5) is 33.3 Å². The third-order valence-corrected chi connectivity index (χ3v) is 6.43. The van der Waals surface area contributed by atoms with E-state index < -0.39 is 48.1 Å². The summed E-state index contributed by atoms with van der Waals surface area (Å²) in [4.78, 5) is 21.1. The van der Waals surface area contributed by atoms with Crippen molar-refractivity contribution in [2.45, 2.75) is 50.2 Å². The highest BCUT2D eigenvalue weighted by molar-refractivity contribution is 6.29. The number of nitrogens with zero attached hydrogens (tertiary/aromatic N) is 5. The Hall–Kier alpha value is -3.26. The number of anilines is 2. The van der Waals surface area contributed by atoms with E-state index in [1.165, 1.54) is 6.07 Å². The number of rotatable bonds is 6. The van der Waals surface area contributed by atoms with Crippen molar-refractivity contribution in [3.05, 3.63) is 46.6 Å². The molecule has 15 heteroatoms. The minimum Gasteiger partial charge on any atom is -0.356 e. The monoisotopic (exact) mass is 531 g/mol. The number of carbonyl (C=O) groups excluding carboxylic acids is 1. The molecule has 1 unspecified atom stereocenters. The van der Waals surface area contributed by atoms with Crippen molar-refractivity contribution in [2.24, 2.45) is 0 Å². The molecular weight excluding hydrogens is 513 g/mol. The van der Waals surface area contributed by atoms with Gasteiger partial charge in [-0.1, -0.05) is 11.6 Å². The average molecular weight is 532 g/mol. The predicted molar refractivity (Wildman–Crippen MR) is 118 cm³/mol. The van der Waals surface area contributed by atoms with Crippen LogP contribution in [0.1, 0.15) is 47.9 Å². The Morgan fingerprint density at radius 3 is 2.61 bits per heavy atom. The number of nitrogens with one attached hydrogen (secondary N) is 2. The van der Waals surface area contributed by atoms with Gasteiger partial charge in [0.15, 0.2) is 10.8 Å². The number of alkyl halides is 5. The van der Waals surface area contributed by atoms with Crippen LogP contribution in [-0.2, 0) is 5.41 Å². The first-order valence-corrected chi connectivity index (χ1v) is 11.2. The minimum atomic E-state index is -4.75. The standard InChI is InChI=1S/C21H19ClF5N7O2/c1-20(21(25,26)27)8-33(12-7-28-14-5-13(22)32-34(14)16(12)20)19(36)31-10-4-11(17(23)24)15(29-6-10)18(35)30-9-2-3-9/h4-7,9,17,19,31,36H,2-3,8H2,1H3,(H,30,35)/t19?,20-/m1/s1. The van der Waals surface area contributed by atoms with Crippen molar-refractivity contribution in [3.63, 3.8) is 0 Å². The second kappa shape index (κ2) is 8.40. The van der Waals surface area contributed by atoms with Gasteiger partial charge in [0.2, 0.25) is 6.35 Å². The Morgan fingerprint density at radius 1 is 1.25 bits per heavy atom. The molecule has 1 aliphatic heterocycles. The molecule has 3 aromatic rings. The second-order valence-electron chi connectivity index (χ2n) is 8.92. The first-order valence-electron chi connectivity index (χ1n) is 10.8. The summed E-state index contributed by atoms with van der Waals surface area (Å²) in [5.74, 6) is -0.748. The van der Waals surface area contributed by atoms with Crippen LogP contribution in [0.5, 0.6) is 0 Å². The maximum absolute atomic E-state index is 14.2. The Labute approximate surface area is 205 Å². The van der Waals surface area contributed by atoms with Crippen LogP contribution in [-0.4, -0.2) is 55.7 Å². The van der Waals surface area contributed by atoms with Gasteiger partial charge in [-0.3, -0.25) is 4.79 Å². The van der Waals surface area contributed by atoms with Crippen LogP contribution < -0.4 is 15.5 Å². The number of hydrogen-bond acceptors (Lipinski definition) is 7. The normalized spacial score (nSPS) is 20.6. The molecule has 4 heterocycles. The fraction of sp³-hybridized carbons (Fsp3) is 0.429. The fourth-order valence-electron chi connectivity index (χ4n) is 4.19. The molecule has 192 valence electrons. The fourth-order valence-corrected chi connectivity index (χ4v) is 4.36. The molecule has 5 rings (SSSR count). The summed E-state index contributed by atoms with van der Waals surface area (Å²) < 4.78 is 71.0. The van der Waals surface area contributed by atoms with Gasteiger partial charge >= 0.3 is 6.18 Å². The first-order chi connectivity index (χ1) is 16.9. The minimum absolute atomic E-state index is 0.0611. The molecule has 1 amide bonds. The lowest BCUT2D eigenvalue weighted by atomic mass is 9.87. The molecule has 0 saturated heterocycles. The van der Waals surface area contributed by atoms with Gasteiger partial charge in [-0.15, -0.1) is 0 Å². The number of halogens is 6. The number of fused-ring (bicyclic) bond motifs is 3. The van der Waals surface area contributed by atoms with E-state index in [4.69, 9.17) is 11.6 Å². The number of aliphatic hydroxyl groups excluding tert-OH is 1. The lowest BCUT2D eigenvalue weighted by Gasteiger charge is -2.31. The number of aromatic nitrogens is 4. The van der Waals surface area contributed by atoms with Gasteiger partial charge < -0.3 is 20.6 Å². The number of pyridine rings is 1. The van der Waals surface area contributed by atoms with Crippen molar-refractivity contribution in [3.8, 4) is 0 Å². The SMILES string of the molecule is C[C@@]1(C(F)(F)F)CN(C(O)Nc2cnc(C(=O)NC3CC3)c(C(F)F)c2)c2cnc3cc(Cl)nn3c21. The Kier molecular flexibility index (Phi) is 5.70. The zero-order valence-electron chi connectivity index (χ0n) is 18.5. The van der Waals surface area contributed by atoms with Gasteiger partial charge in [-0.25, -0.2) is 23.3 Å². The second-order valence-corrected chi connectivity index (χ2v) is 9.30. The molecule has 1 aliphatic carbocycles. The van der Waals surface area contributed by atoms with Crippen LogP contribution in [0.2, 0.25) is 5.15 Å². The highest BCUT2D eigenvalue weighted by Gasteiger charge is 2.60. The molecule has 0 spiro atoms. The molecule has 2 atom stereocenters. The summed E-state index contributed by atoms with van der Waals surface area (Å²) in [7, 11) is 0. The summed E-state index contributed by atoms with van der Waals surface area (Å²) >= 11 is 5.88. The van der Waals surface area contributed by atoms with E-state index in [0.717, 1.165) is 47.6 Å². The topological polar surface area (TPSA) is 108 Å². The molecule has 1 saturated carbocycles. The zero-order valence-corrected chi connectivity index (χ0v) is 19.3. The maximum Gasteiger partial charge on any atom is 0.401 e. The summed E-state index contributed by atoms with van der Waals surface area (Å²) in [6, 6.07) is 2.15. The summed E-state index contributed by atoms with van der Waals surface area (Å²) in [5, 5.41) is 19.7. The molecule has 9 nitrogen and oxygen atoms in total. The first kappa shape index (κ1) is 24.4. The van der Waals surface area contributed by atoms with Crippen LogP contribution in [0, 0.1) is 0 Å². The van der Waals surface area contributed by atoms with E-state index in [2.05, 4.69) is 25.7 Å². The van der Waals surface area contributed by atoms with Gasteiger partial charge in [0, 0.05) is 18.7 Å². The van der Waals surface area contributed by atoms with Gasteiger partial charge in [0.1, 0.15) is 11.1 Å². The van der Waals surface area contributed by atoms with Crippen LogP contribution in [0.25, 0.3) is 5.65 Å². The van der Waals surface area contributed by atoms with Crippen LogP contribution in [0.15, 0.2) is 24.5 Å². The number of hydrogen-bond donors (Lipinski definition) is 3. The zero-order chi connectivity index (χ0) is 26.0. The van der Waals surface area contributed by atoms with E-state index in [9.17, 15) is 31.9 Å². The third kappa shape index (κ3) is 4.07. The van der Waals surface area contributed by atoms with Gasteiger partial charge in [0.05, 0.1) is 35.0 Å². The van der Waals surface area contributed by atoms with Crippen molar-refractivity contribution in [2.75, 3.05) is 16.8 Å². The summed E-state index contributed by atoms with van der Waals surface area (Å²) in [5.41, 5.74) is -4.02. The van der Waals surface area contributed by atoms with Gasteiger partial charge in [-0.2, -0.15) is 18.3 Å². The summed E-state index contributed by atoms with van der Waals surface area (Å²) in [6.45, 7) is 0.229. The van der Waals surface area contributed by atoms with E-state index in [-0.39, 0.29) is 33.9 Å². The van der Waals surface area contributed by atoms with Gasteiger partial charge in [0.25, 0.3) is 12.3 Å². The molecule has 2 aliphatic rings. The van der Waals surface area contributed by atoms with Crippen LogP contribution in [0.3, 0.4) is 0 Å². The number of carbonyl (C=O) groups is 1. The highest BCUT2D eigenvalue weighted by atomic mass is 35.5. The smallest absolute Gasteiger partial charge is 0.356 e. The third-order valence-electron chi connectivity index (χ3n) is 6.25. The number of amides is 1. The van der Waals surface area contributed by atoms with Gasteiger partial charge in [-0.05, 0) is 25.8 Å². The van der Waals surface area contributed by atoms with E-state index in [0.29, 0.717) is 0 Å². The van der Waals surface area contributed by atoms with E-state index in [1.54, 1.807) is 0 Å². The van der Waals surface area contributed by atoms with Crippen molar-refractivity contribution in [1.82, 2.24) is 24.9 Å². The lowest BCUT2D eigenvalue weighted by Crippen LogP contribution is -2.48. The largest absolute Gasteiger partial charge is 0.401 e. The Balaban J connectivity index is 1.47. The van der Waals surface area contributed by atoms with Crippen molar-refractivity contribution < 1.29 is 31.9 Å². The summed E-state index contributed by atoms with van der Waals surface area (Å²) in [6.07, 6.45) is -5.90. The molecular formula is C21H19ClF5N7O2. The molecule has 0 aromatic carbocycles. The molecule has 1 fully saturated rings.